The highest BCUT2D eigenvalue weighted by molar-refractivity contribution is 9.10. The predicted molar refractivity (Wildman–Crippen MR) is 75.7 cm³/mol. The number of nitrogens with one attached hydrogen (secondary N) is 1. The number of rotatable bonds is 4. The van der Waals surface area contributed by atoms with Gasteiger partial charge < -0.3 is 10.1 Å². The van der Waals surface area contributed by atoms with Crippen molar-refractivity contribution in [2.75, 3.05) is 14.2 Å². The van der Waals surface area contributed by atoms with Gasteiger partial charge in [0.25, 0.3) is 0 Å². The minimum Gasteiger partial charge on any atom is -0.496 e. The fourth-order valence-corrected chi connectivity index (χ4v) is 2.46. The number of aryl methyl sites for hydroxylation is 1. The van der Waals surface area contributed by atoms with Crippen LogP contribution in [0, 0.1) is 0 Å². The Morgan fingerprint density at radius 1 is 1.44 bits per heavy atom. The zero-order chi connectivity index (χ0) is 13.1. The number of hydrogen-bond donors (Lipinski definition) is 1. The van der Waals surface area contributed by atoms with Gasteiger partial charge in [-0.25, -0.2) is 0 Å². The van der Waals surface area contributed by atoms with Crippen LogP contribution in [-0.4, -0.2) is 23.9 Å². The third-order valence-electron chi connectivity index (χ3n) is 2.87. The predicted octanol–water partition coefficient (Wildman–Crippen LogP) is 2.58. The van der Waals surface area contributed by atoms with Crippen molar-refractivity contribution in [2.24, 2.45) is 7.05 Å². The maximum absolute atomic E-state index is 5.24. The smallest absolute Gasteiger partial charge is 0.133 e. The van der Waals surface area contributed by atoms with Crippen LogP contribution in [-0.2, 0) is 13.6 Å². The first-order valence-corrected chi connectivity index (χ1v) is 6.46. The summed E-state index contributed by atoms with van der Waals surface area (Å²) < 4.78 is 8.08. The van der Waals surface area contributed by atoms with Crippen LogP contribution >= 0.6 is 15.9 Å². The zero-order valence-electron chi connectivity index (χ0n) is 10.7. The topological polar surface area (TPSA) is 39.1 Å². The molecule has 0 unspecified atom stereocenters. The van der Waals surface area contributed by atoms with Crippen LogP contribution in [0.25, 0.3) is 11.1 Å². The van der Waals surface area contributed by atoms with Gasteiger partial charge in [0.2, 0.25) is 0 Å². The highest BCUT2D eigenvalue weighted by Crippen LogP contribution is 2.31. The Morgan fingerprint density at radius 2 is 2.22 bits per heavy atom. The van der Waals surface area contributed by atoms with Gasteiger partial charge in [0.15, 0.2) is 0 Å². The summed E-state index contributed by atoms with van der Waals surface area (Å²) in [6.07, 6.45) is 1.89. The maximum Gasteiger partial charge on any atom is 0.133 e. The second-order valence-electron chi connectivity index (χ2n) is 4.01. The average molecular weight is 310 g/mol. The van der Waals surface area contributed by atoms with E-state index in [2.05, 4.69) is 32.4 Å². The number of benzene rings is 1. The third-order valence-corrected chi connectivity index (χ3v) is 3.49. The summed E-state index contributed by atoms with van der Waals surface area (Å²) in [5.74, 6) is 0.831. The number of ether oxygens (including phenoxy) is 1. The molecular weight excluding hydrogens is 294 g/mol. The molecule has 0 saturated carbocycles. The monoisotopic (exact) mass is 309 g/mol. The Balaban J connectivity index is 2.45. The van der Waals surface area contributed by atoms with Crippen molar-refractivity contribution in [3.63, 3.8) is 0 Å². The Labute approximate surface area is 115 Å². The van der Waals surface area contributed by atoms with E-state index in [9.17, 15) is 0 Å². The lowest BCUT2D eigenvalue weighted by atomic mass is 10.1. The molecule has 0 aliphatic heterocycles. The molecule has 0 saturated heterocycles. The molecule has 0 fully saturated rings. The molecule has 1 aromatic heterocycles. The lowest BCUT2D eigenvalue weighted by molar-refractivity contribution is 0.412. The molecule has 2 aromatic rings. The Hall–Kier alpha value is -1.33. The summed E-state index contributed by atoms with van der Waals surface area (Å²) in [6.45, 7) is 0.787. The molecule has 0 aliphatic rings. The number of aromatic nitrogens is 2. The molecule has 0 amide bonds. The van der Waals surface area contributed by atoms with Crippen LogP contribution in [0.5, 0.6) is 5.75 Å². The van der Waals surface area contributed by atoms with E-state index in [0.29, 0.717) is 0 Å². The quantitative estimate of drug-likeness (QED) is 0.943. The molecule has 96 valence electrons. The Bertz CT molecular complexity index is 551. The van der Waals surface area contributed by atoms with Gasteiger partial charge in [-0.15, -0.1) is 0 Å². The molecule has 0 radical (unpaired) electrons. The van der Waals surface area contributed by atoms with E-state index in [-0.39, 0.29) is 0 Å². The van der Waals surface area contributed by atoms with E-state index >= 15 is 0 Å². The SMILES string of the molecule is CNCc1c(-c2ccc(OC)c(Br)c2)cnn1C. The molecule has 5 heteroatoms. The summed E-state index contributed by atoms with van der Waals surface area (Å²) in [5.41, 5.74) is 3.42. The van der Waals surface area contributed by atoms with Crippen molar-refractivity contribution in [3.05, 3.63) is 34.6 Å². The summed E-state index contributed by atoms with van der Waals surface area (Å²) in [7, 11) is 5.55. The summed E-state index contributed by atoms with van der Waals surface area (Å²) >= 11 is 3.51. The van der Waals surface area contributed by atoms with Gasteiger partial charge in [0.05, 0.1) is 23.5 Å². The van der Waals surface area contributed by atoms with Crippen LogP contribution in [0.15, 0.2) is 28.9 Å². The molecule has 1 aromatic carbocycles. The molecule has 4 nitrogen and oxygen atoms in total. The Kier molecular flexibility index (Phi) is 4.04. The highest BCUT2D eigenvalue weighted by atomic mass is 79.9. The largest absolute Gasteiger partial charge is 0.496 e. The van der Waals surface area contributed by atoms with Crippen LogP contribution in [0.2, 0.25) is 0 Å². The molecule has 1 heterocycles. The van der Waals surface area contributed by atoms with Gasteiger partial charge >= 0.3 is 0 Å². The van der Waals surface area contributed by atoms with Gasteiger partial charge in [0.1, 0.15) is 5.75 Å². The van der Waals surface area contributed by atoms with Crippen LogP contribution < -0.4 is 10.1 Å². The molecule has 2 rings (SSSR count). The first-order chi connectivity index (χ1) is 8.67. The first kappa shape index (κ1) is 13.1. The first-order valence-electron chi connectivity index (χ1n) is 5.66. The minimum atomic E-state index is 0.787. The van der Waals surface area contributed by atoms with E-state index in [0.717, 1.165) is 33.6 Å². The third kappa shape index (κ3) is 2.42. The molecule has 0 atom stereocenters. The molecule has 0 aliphatic carbocycles. The molecule has 1 N–H and O–H groups in total. The molecule has 0 bridgehead atoms. The van der Waals surface area contributed by atoms with Crippen molar-refractivity contribution in [2.45, 2.75) is 6.54 Å². The number of methoxy groups -OCH3 is 1. The zero-order valence-corrected chi connectivity index (χ0v) is 12.3. The van der Waals surface area contributed by atoms with Gasteiger partial charge in [-0.1, -0.05) is 6.07 Å². The molecule has 18 heavy (non-hydrogen) atoms. The maximum atomic E-state index is 5.24. The summed E-state index contributed by atoms with van der Waals surface area (Å²) in [5, 5.41) is 7.47. The molecular formula is C13H16BrN3O. The summed E-state index contributed by atoms with van der Waals surface area (Å²) in [4.78, 5) is 0. The fourth-order valence-electron chi connectivity index (χ4n) is 1.92. The lowest BCUT2D eigenvalue weighted by Crippen LogP contribution is -2.10. The van der Waals surface area contributed by atoms with Crippen LogP contribution in [0.1, 0.15) is 5.69 Å². The molecule has 0 spiro atoms. The van der Waals surface area contributed by atoms with Crippen LogP contribution in [0.3, 0.4) is 0 Å². The number of nitrogens with zero attached hydrogens (tertiary/aromatic N) is 2. The van der Waals surface area contributed by atoms with Crippen LogP contribution in [0.4, 0.5) is 0 Å². The van der Waals surface area contributed by atoms with Crippen molar-refractivity contribution in [3.8, 4) is 16.9 Å². The van der Waals surface area contributed by atoms with E-state index < -0.39 is 0 Å². The van der Waals surface area contributed by atoms with Crippen molar-refractivity contribution in [1.82, 2.24) is 15.1 Å². The number of halogens is 1. The van der Waals surface area contributed by atoms with Crippen molar-refractivity contribution < 1.29 is 4.74 Å². The van der Waals surface area contributed by atoms with E-state index in [1.165, 1.54) is 0 Å². The summed E-state index contributed by atoms with van der Waals surface area (Å²) in [6, 6.07) is 6.05. The second-order valence-corrected chi connectivity index (χ2v) is 4.86. The lowest BCUT2D eigenvalue weighted by Gasteiger charge is -2.08. The Morgan fingerprint density at radius 3 is 2.83 bits per heavy atom. The van der Waals surface area contributed by atoms with Crippen molar-refractivity contribution in [1.29, 1.82) is 0 Å². The van der Waals surface area contributed by atoms with E-state index in [1.54, 1.807) is 7.11 Å². The normalized spacial score (nSPS) is 10.7. The van der Waals surface area contributed by atoms with Gasteiger partial charge in [-0.3, -0.25) is 4.68 Å². The van der Waals surface area contributed by atoms with E-state index in [1.807, 2.05) is 37.1 Å². The van der Waals surface area contributed by atoms with E-state index in [4.69, 9.17) is 4.74 Å². The van der Waals surface area contributed by atoms with Gasteiger partial charge in [0, 0.05) is 19.2 Å². The second kappa shape index (κ2) is 5.54. The minimum absolute atomic E-state index is 0.787. The van der Waals surface area contributed by atoms with Gasteiger partial charge in [-0.05, 0) is 40.7 Å². The highest BCUT2D eigenvalue weighted by Gasteiger charge is 2.11. The van der Waals surface area contributed by atoms with Crippen molar-refractivity contribution >= 4 is 15.9 Å². The standard InChI is InChI=1S/C13H16BrN3O/c1-15-8-12-10(7-16-17(12)2)9-4-5-13(18-3)11(14)6-9/h4-7,15H,8H2,1-3H3. The fraction of sp³-hybridized carbons (Fsp3) is 0.308. The van der Waals surface area contributed by atoms with Gasteiger partial charge in [-0.2, -0.15) is 5.10 Å². The number of hydrogen-bond acceptors (Lipinski definition) is 3. The average Bonchev–Trinajstić information content (AvgIpc) is 2.72.